The summed E-state index contributed by atoms with van der Waals surface area (Å²) < 4.78 is 5.06. The minimum absolute atomic E-state index is 0.129. The summed E-state index contributed by atoms with van der Waals surface area (Å²) in [6, 6.07) is 13.5. The number of benzene rings is 2. The molecule has 0 radical (unpaired) electrons. The van der Waals surface area contributed by atoms with Crippen LogP contribution in [0.2, 0.25) is 0 Å². The molecule has 144 valence electrons. The molecule has 2 aromatic rings. The number of anilines is 1. The molecule has 1 aliphatic heterocycles. The molecular weight excluding hydrogens is 360 g/mol. The molecule has 0 aromatic heterocycles. The first-order valence-corrected chi connectivity index (χ1v) is 8.93. The largest absolute Gasteiger partial charge is 0.452 e. The van der Waals surface area contributed by atoms with Crippen molar-refractivity contribution in [3.8, 4) is 0 Å². The fourth-order valence-corrected chi connectivity index (χ4v) is 2.95. The highest BCUT2D eigenvalue weighted by atomic mass is 16.5. The number of esters is 1. The summed E-state index contributed by atoms with van der Waals surface area (Å²) in [7, 11) is 0. The summed E-state index contributed by atoms with van der Waals surface area (Å²) in [6.07, 6.45) is 0.944. The van der Waals surface area contributed by atoms with Gasteiger partial charge in [0.05, 0.1) is 11.3 Å². The van der Waals surface area contributed by atoms with E-state index in [9.17, 15) is 19.2 Å². The Morgan fingerprint density at radius 2 is 1.89 bits per heavy atom. The van der Waals surface area contributed by atoms with Crippen LogP contribution in [0.4, 0.5) is 5.69 Å². The number of carbonyl (C=O) groups excluding carboxylic acids is 4. The van der Waals surface area contributed by atoms with E-state index in [1.807, 2.05) is 13.0 Å². The minimum Gasteiger partial charge on any atom is -0.452 e. The van der Waals surface area contributed by atoms with Gasteiger partial charge in [-0.2, -0.15) is 0 Å². The molecule has 28 heavy (non-hydrogen) atoms. The number of imide groups is 1. The number of carbonyl (C=O) groups is 4. The van der Waals surface area contributed by atoms with Crippen LogP contribution in [0, 0.1) is 6.92 Å². The molecule has 1 saturated heterocycles. The molecule has 0 spiro atoms. The summed E-state index contributed by atoms with van der Waals surface area (Å²) >= 11 is 0. The molecule has 1 N–H and O–H groups in total. The summed E-state index contributed by atoms with van der Waals surface area (Å²) in [5.41, 5.74) is 1.81. The predicted molar refractivity (Wildman–Crippen MR) is 102 cm³/mol. The van der Waals surface area contributed by atoms with E-state index in [4.69, 9.17) is 4.74 Å². The number of hydrogen-bond donors (Lipinski definition) is 1. The molecule has 1 fully saturated rings. The molecular formula is C21H20N2O5. The van der Waals surface area contributed by atoms with Gasteiger partial charge in [-0.3, -0.25) is 19.3 Å². The maximum Gasteiger partial charge on any atom is 0.340 e. The van der Waals surface area contributed by atoms with E-state index < -0.39 is 18.5 Å². The van der Waals surface area contributed by atoms with Gasteiger partial charge < -0.3 is 10.1 Å². The molecule has 0 saturated carbocycles. The zero-order chi connectivity index (χ0) is 20.1. The van der Waals surface area contributed by atoms with Crippen molar-refractivity contribution in [2.75, 3.05) is 18.5 Å². The number of ether oxygens (including phenoxy) is 1. The number of likely N-dealkylation sites (tertiary alicyclic amines) is 1. The van der Waals surface area contributed by atoms with Crippen LogP contribution in [0.1, 0.15) is 39.1 Å². The van der Waals surface area contributed by atoms with Crippen LogP contribution >= 0.6 is 0 Å². The first-order valence-electron chi connectivity index (χ1n) is 8.93. The Morgan fingerprint density at radius 3 is 2.61 bits per heavy atom. The van der Waals surface area contributed by atoms with Crippen LogP contribution in [0.25, 0.3) is 0 Å². The van der Waals surface area contributed by atoms with Crippen LogP contribution < -0.4 is 5.32 Å². The van der Waals surface area contributed by atoms with Crippen LogP contribution in [-0.2, 0) is 14.3 Å². The quantitative estimate of drug-likeness (QED) is 0.805. The van der Waals surface area contributed by atoms with Crippen molar-refractivity contribution in [3.63, 3.8) is 0 Å². The molecule has 1 aliphatic rings. The maximum atomic E-state index is 12.5. The second-order valence-electron chi connectivity index (χ2n) is 6.49. The monoisotopic (exact) mass is 380 g/mol. The molecule has 0 bridgehead atoms. The van der Waals surface area contributed by atoms with Crippen LogP contribution in [-0.4, -0.2) is 41.7 Å². The van der Waals surface area contributed by atoms with E-state index in [2.05, 4.69) is 5.32 Å². The second-order valence-corrected chi connectivity index (χ2v) is 6.49. The maximum absolute atomic E-state index is 12.5. The number of hydrogen-bond acceptors (Lipinski definition) is 5. The normalized spacial score (nSPS) is 13.3. The van der Waals surface area contributed by atoms with Crippen LogP contribution in [0.3, 0.4) is 0 Å². The van der Waals surface area contributed by atoms with E-state index in [1.165, 1.54) is 6.07 Å². The molecule has 3 amide bonds. The first-order chi connectivity index (χ1) is 13.5. The van der Waals surface area contributed by atoms with E-state index in [1.54, 1.807) is 36.4 Å². The number of rotatable bonds is 5. The number of nitrogens with zero attached hydrogens (tertiary/aromatic N) is 1. The fraction of sp³-hybridized carbons (Fsp3) is 0.238. The van der Waals surface area contributed by atoms with Gasteiger partial charge in [0.2, 0.25) is 5.91 Å². The third-order valence-corrected chi connectivity index (χ3v) is 4.38. The Balaban J connectivity index is 1.67. The zero-order valence-electron chi connectivity index (χ0n) is 15.4. The standard InChI is InChI=1S/C21H20N2O5/c1-14-6-4-7-15(12-14)20(26)22-17-9-3-2-8-16(17)21(27)28-13-19(25)23-11-5-10-18(23)24/h2-4,6-9,12H,5,10-11,13H2,1H3,(H,22,26). The van der Waals surface area contributed by atoms with Gasteiger partial charge in [0.1, 0.15) is 0 Å². The molecule has 0 atom stereocenters. The highest BCUT2D eigenvalue weighted by Gasteiger charge is 2.27. The molecule has 0 aliphatic carbocycles. The van der Waals surface area contributed by atoms with Gasteiger partial charge >= 0.3 is 5.97 Å². The number of aryl methyl sites for hydroxylation is 1. The van der Waals surface area contributed by atoms with Crippen molar-refractivity contribution in [2.24, 2.45) is 0 Å². The highest BCUT2D eigenvalue weighted by molar-refractivity contribution is 6.08. The first kappa shape index (κ1) is 19.3. The molecule has 7 nitrogen and oxygen atoms in total. The summed E-state index contributed by atoms with van der Waals surface area (Å²) in [6.45, 7) is 1.70. The lowest BCUT2D eigenvalue weighted by Gasteiger charge is -2.14. The van der Waals surface area contributed by atoms with Crippen LogP contribution in [0.15, 0.2) is 48.5 Å². The summed E-state index contributed by atoms with van der Waals surface area (Å²) in [5, 5.41) is 2.70. The van der Waals surface area contributed by atoms with Gasteiger partial charge in [-0.1, -0.05) is 29.8 Å². The van der Waals surface area contributed by atoms with Crippen molar-refractivity contribution >= 4 is 29.4 Å². The van der Waals surface area contributed by atoms with E-state index >= 15 is 0 Å². The lowest BCUT2D eigenvalue weighted by atomic mass is 10.1. The van der Waals surface area contributed by atoms with Gasteiger partial charge in [0.15, 0.2) is 6.61 Å². The van der Waals surface area contributed by atoms with Gasteiger partial charge in [0.25, 0.3) is 11.8 Å². The average Bonchev–Trinajstić information content (AvgIpc) is 3.12. The Morgan fingerprint density at radius 1 is 1.11 bits per heavy atom. The number of nitrogens with one attached hydrogen (secondary N) is 1. The lowest BCUT2D eigenvalue weighted by Crippen LogP contribution is -2.35. The van der Waals surface area contributed by atoms with Gasteiger partial charge in [-0.15, -0.1) is 0 Å². The van der Waals surface area contributed by atoms with Gasteiger partial charge in [-0.05, 0) is 37.6 Å². The van der Waals surface area contributed by atoms with E-state index in [0.29, 0.717) is 24.9 Å². The zero-order valence-corrected chi connectivity index (χ0v) is 15.4. The van der Waals surface area contributed by atoms with E-state index in [-0.39, 0.29) is 23.1 Å². The number of para-hydroxylation sites is 1. The fourth-order valence-electron chi connectivity index (χ4n) is 2.95. The third-order valence-electron chi connectivity index (χ3n) is 4.38. The van der Waals surface area contributed by atoms with Crippen molar-refractivity contribution in [3.05, 3.63) is 65.2 Å². The number of amides is 3. The van der Waals surface area contributed by atoms with Gasteiger partial charge in [0, 0.05) is 18.5 Å². The van der Waals surface area contributed by atoms with Crippen molar-refractivity contribution in [1.82, 2.24) is 4.90 Å². The topological polar surface area (TPSA) is 92.8 Å². The predicted octanol–water partition coefficient (Wildman–Crippen LogP) is 2.55. The summed E-state index contributed by atoms with van der Waals surface area (Å²) in [5.74, 6) is -1.91. The lowest BCUT2D eigenvalue weighted by molar-refractivity contribution is -0.143. The second kappa shape index (κ2) is 8.47. The van der Waals surface area contributed by atoms with Gasteiger partial charge in [-0.25, -0.2) is 4.79 Å². The third kappa shape index (κ3) is 4.43. The van der Waals surface area contributed by atoms with Crippen LogP contribution in [0.5, 0.6) is 0 Å². The Labute approximate surface area is 162 Å². The van der Waals surface area contributed by atoms with Crippen molar-refractivity contribution in [1.29, 1.82) is 0 Å². The molecule has 2 aromatic carbocycles. The SMILES string of the molecule is Cc1cccc(C(=O)Nc2ccccc2C(=O)OCC(=O)N2CCCC2=O)c1. The Kier molecular flexibility index (Phi) is 5.84. The average molecular weight is 380 g/mol. The Bertz CT molecular complexity index is 938. The molecule has 7 heteroatoms. The molecule has 0 unspecified atom stereocenters. The molecule has 3 rings (SSSR count). The van der Waals surface area contributed by atoms with Crippen molar-refractivity contribution in [2.45, 2.75) is 19.8 Å². The smallest absolute Gasteiger partial charge is 0.340 e. The van der Waals surface area contributed by atoms with Crippen molar-refractivity contribution < 1.29 is 23.9 Å². The Hall–Kier alpha value is -3.48. The minimum atomic E-state index is -0.750. The summed E-state index contributed by atoms with van der Waals surface area (Å²) in [4.78, 5) is 49.6. The molecule has 1 heterocycles. The van der Waals surface area contributed by atoms with E-state index in [0.717, 1.165) is 10.5 Å². The highest BCUT2D eigenvalue weighted by Crippen LogP contribution is 2.18.